The standard InChI is InChI=1S/C85H140O17P2/c1-5-9-13-17-21-25-29-33-37-38-39-40-44-46-50-54-58-62-66-70-83(88)96-76-81(102-85(90)72-68-64-60-56-52-48-43-36-32-28-24-20-16-12-8-4)78-100-104(93,94)98-74-79(86)73-97-103(91,92)99-77-80(101-84(89)71-67-63-59-55-51-47-42-35-31-27-23-19-15-11-7-3)75-95-82(87)69-65-61-57-53-49-45-41-34-30-26-22-18-14-10-6-2/h10-11,14-15,21-23,25-27,33-37,39-43,49,51,53,55,61,65,79-81,86H,5-9,12-13,16-20,24,28-32,38,44-48,50,52,54,56-60,62-64,66-78H2,1-4H3,(H,91,92)(H,93,94)/b14-10-,15-11-,25-21-,26-22-,27-23-,37-33-,40-39-,41-34-,42-35-,43-36-,53-49-,55-51-,65-61-. The molecule has 0 rings (SSSR count). The number of ether oxygens (including phenoxy) is 4. The average Bonchev–Trinajstić information content (AvgIpc) is 0.912. The van der Waals surface area contributed by atoms with Crippen LogP contribution in [0.25, 0.3) is 0 Å². The van der Waals surface area contributed by atoms with Gasteiger partial charge in [0.1, 0.15) is 19.3 Å². The van der Waals surface area contributed by atoms with E-state index >= 15 is 0 Å². The Balaban J connectivity index is 5.48. The highest BCUT2D eigenvalue weighted by atomic mass is 31.2. The minimum atomic E-state index is -5.01. The molecule has 0 aliphatic rings. The minimum Gasteiger partial charge on any atom is -0.462 e. The van der Waals surface area contributed by atoms with Gasteiger partial charge in [0.2, 0.25) is 0 Å². The van der Waals surface area contributed by atoms with Gasteiger partial charge in [0, 0.05) is 19.3 Å². The molecule has 0 aromatic rings. The first-order valence-corrected chi connectivity index (χ1v) is 42.7. The van der Waals surface area contributed by atoms with Gasteiger partial charge in [-0.15, -0.1) is 0 Å². The molecule has 17 nitrogen and oxygen atoms in total. The molecule has 19 heteroatoms. The maximum absolute atomic E-state index is 13.1. The van der Waals surface area contributed by atoms with Crippen LogP contribution in [0, 0.1) is 0 Å². The van der Waals surface area contributed by atoms with Gasteiger partial charge in [0.05, 0.1) is 32.8 Å². The highest BCUT2D eigenvalue weighted by Crippen LogP contribution is 2.45. The van der Waals surface area contributed by atoms with E-state index < -0.39 is 97.5 Å². The second kappa shape index (κ2) is 75.9. The number of allylic oxidation sites excluding steroid dienone is 25. The summed E-state index contributed by atoms with van der Waals surface area (Å²) < 4.78 is 68.4. The summed E-state index contributed by atoms with van der Waals surface area (Å²) in [5, 5.41) is 10.6. The molecule has 5 unspecified atom stereocenters. The monoisotopic (exact) mass is 1490 g/mol. The number of aliphatic hydroxyl groups is 1. The number of hydrogen-bond acceptors (Lipinski definition) is 15. The molecule has 0 aromatic carbocycles. The summed E-state index contributed by atoms with van der Waals surface area (Å²) in [6, 6.07) is 0. The Labute approximate surface area is 629 Å². The summed E-state index contributed by atoms with van der Waals surface area (Å²) in [4.78, 5) is 72.9. The largest absolute Gasteiger partial charge is 0.472 e. The number of phosphoric ester groups is 2. The van der Waals surface area contributed by atoms with E-state index in [1.54, 1.807) is 6.08 Å². The van der Waals surface area contributed by atoms with Crippen LogP contribution in [-0.2, 0) is 65.4 Å². The molecule has 0 heterocycles. The molecule has 0 aliphatic carbocycles. The Kier molecular flexibility index (Phi) is 72.0. The molecular weight excluding hydrogens is 1350 g/mol. The lowest BCUT2D eigenvalue weighted by Gasteiger charge is -2.21. The topological polar surface area (TPSA) is 237 Å². The van der Waals surface area contributed by atoms with Crippen molar-refractivity contribution in [3.05, 3.63) is 158 Å². The molecule has 0 radical (unpaired) electrons. The average molecular weight is 1500 g/mol. The van der Waals surface area contributed by atoms with Crippen LogP contribution in [0.3, 0.4) is 0 Å². The van der Waals surface area contributed by atoms with E-state index in [2.05, 4.69) is 155 Å². The molecule has 104 heavy (non-hydrogen) atoms. The Hall–Kier alpha value is -5.32. The molecule has 592 valence electrons. The number of aliphatic hydroxyl groups excluding tert-OH is 1. The fourth-order valence-electron chi connectivity index (χ4n) is 9.99. The summed E-state index contributed by atoms with van der Waals surface area (Å²) in [5.41, 5.74) is 0. The van der Waals surface area contributed by atoms with Gasteiger partial charge in [-0.05, 0) is 154 Å². The van der Waals surface area contributed by atoms with Crippen LogP contribution in [0.2, 0.25) is 0 Å². The van der Waals surface area contributed by atoms with Crippen LogP contribution in [-0.4, -0.2) is 96.7 Å². The van der Waals surface area contributed by atoms with Crippen LogP contribution < -0.4 is 0 Å². The third-order valence-corrected chi connectivity index (χ3v) is 17.9. The lowest BCUT2D eigenvalue weighted by Crippen LogP contribution is -2.30. The molecule has 0 amide bonds. The van der Waals surface area contributed by atoms with Gasteiger partial charge < -0.3 is 33.8 Å². The van der Waals surface area contributed by atoms with Crippen LogP contribution in [0.15, 0.2) is 158 Å². The van der Waals surface area contributed by atoms with E-state index in [9.17, 15) is 43.2 Å². The smallest absolute Gasteiger partial charge is 0.462 e. The summed E-state index contributed by atoms with van der Waals surface area (Å²) >= 11 is 0. The van der Waals surface area contributed by atoms with E-state index in [1.165, 1.54) is 57.8 Å². The van der Waals surface area contributed by atoms with Crippen LogP contribution in [0.1, 0.15) is 297 Å². The van der Waals surface area contributed by atoms with Gasteiger partial charge in [-0.3, -0.25) is 37.3 Å². The van der Waals surface area contributed by atoms with Crippen molar-refractivity contribution >= 4 is 39.5 Å². The zero-order valence-corrected chi connectivity index (χ0v) is 66.4. The summed E-state index contributed by atoms with van der Waals surface area (Å²) in [5.74, 6) is -2.40. The molecule has 0 saturated heterocycles. The van der Waals surface area contributed by atoms with Crippen molar-refractivity contribution in [3.63, 3.8) is 0 Å². The summed E-state index contributed by atoms with van der Waals surface area (Å²) in [6.45, 7) is 4.42. The fraction of sp³-hybridized carbons (Fsp3) is 0.647. The van der Waals surface area contributed by atoms with E-state index in [-0.39, 0.29) is 25.7 Å². The highest BCUT2D eigenvalue weighted by molar-refractivity contribution is 7.47. The van der Waals surface area contributed by atoms with Gasteiger partial charge in [-0.25, -0.2) is 9.13 Å². The summed E-state index contributed by atoms with van der Waals surface area (Å²) in [6.07, 6.45) is 88.3. The van der Waals surface area contributed by atoms with E-state index in [0.717, 1.165) is 154 Å². The number of carbonyl (C=O) groups excluding carboxylic acids is 4. The number of unbranched alkanes of at least 4 members (excludes halogenated alkanes) is 22. The Morgan fingerprint density at radius 1 is 0.288 bits per heavy atom. The Bertz CT molecular complexity index is 2590. The number of carbonyl (C=O) groups is 4. The second-order valence-electron chi connectivity index (χ2n) is 25.9. The van der Waals surface area contributed by atoms with Crippen molar-refractivity contribution in [2.75, 3.05) is 39.6 Å². The molecule has 0 saturated carbocycles. The number of hydrogen-bond donors (Lipinski definition) is 3. The minimum absolute atomic E-state index is 0.0178. The first-order valence-electron chi connectivity index (χ1n) is 39.7. The predicted octanol–water partition coefficient (Wildman–Crippen LogP) is 23.2. The van der Waals surface area contributed by atoms with Gasteiger partial charge in [-0.1, -0.05) is 276 Å². The van der Waals surface area contributed by atoms with Crippen molar-refractivity contribution in [2.24, 2.45) is 0 Å². The van der Waals surface area contributed by atoms with Crippen LogP contribution in [0.5, 0.6) is 0 Å². The first kappa shape index (κ1) is 98.7. The molecule has 0 fully saturated rings. The normalized spacial score (nSPS) is 14.7. The quantitative estimate of drug-likeness (QED) is 0.0169. The van der Waals surface area contributed by atoms with E-state index in [4.69, 9.17) is 37.0 Å². The first-order chi connectivity index (χ1) is 50.7. The van der Waals surface area contributed by atoms with E-state index in [1.807, 2.05) is 24.3 Å². The lowest BCUT2D eigenvalue weighted by atomic mass is 10.1. The second-order valence-corrected chi connectivity index (χ2v) is 28.8. The van der Waals surface area contributed by atoms with Gasteiger partial charge >= 0.3 is 39.5 Å². The SMILES string of the molecule is CC/C=C\C/C=C\C/C=C\C/C=C\C/C=C\CC(=O)OCC(COP(=O)(O)OCC(O)COP(=O)(O)OCC(COC(=O)CCCCCCCC/C=C\C/C=C\C/C=C\CCCCC)OC(=O)CCCCCCC/C=C\CCCCCCCC)OC(=O)CCCC/C=C\C/C=C\C/C=C\C/C=C\CC. The van der Waals surface area contributed by atoms with E-state index in [0.29, 0.717) is 32.1 Å². The van der Waals surface area contributed by atoms with Gasteiger partial charge in [0.25, 0.3) is 0 Å². The third-order valence-electron chi connectivity index (χ3n) is 16.0. The van der Waals surface area contributed by atoms with Crippen LogP contribution in [0.4, 0.5) is 0 Å². The number of rotatable bonds is 73. The lowest BCUT2D eigenvalue weighted by molar-refractivity contribution is -0.161. The third kappa shape index (κ3) is 74.9. The Morgan fingerprint density at radius 3 is 0.904 bits per heavy atom. The maximum atomic E-state index is 13.1. The molecule has 5 atom stereocenters. The highest BCUT2D eigenvalue weighted by Gasteiger charge is 2.30. The molecule has 0 aromatic heterocycles. The van der Waals surface area contributed by atoms with Gasteiger partial charge in [-0.2, -0.15) is 0 Å². The predicted molar refractivity (Wildman–Crippen MR) is 427 cm³/mol. The molecule has 0 aliphatic heterocycles. The van der Waals surface area contributed by atoms with Crippen molar-refractivity contribution in [1.82, 2.24) is 0 Å². The molecule has 3 N–H and O–H groups in total. The van der Waals surface area contributed by atoms with Crippen molar-refractivity contribution < 1.29 is 80.2 Å². The molecule has 0 spiro atoms. The summed E-state index contributed by atoms with van der Waals surface area (Å²) in [7, 11) is -10.0. The van der Waals surface area contributed by atoms with Gasteiger partial charge in [0.15, 0.2) is 12.2 Å². The number of phosphoric acid groups is 2. The molecule has 0 bridgehead atoms. The van der Waals surface area contributed by atoms with Crippen molar-refractivity contribution in [3.8, 4) is 0 Å². The fourth-order valence-corrected chi connectivity index (χ4v) is 11.6. The van der Waals surface area contributed by atoms with Crippen molar-refractivity contribution in [2.45, 2.75) is 316 Å². The maximum Gasteiger partial charge on any atom is 0.472 e. The van der Waals surface area contributed by atoms with Crippen LogP contribution >= 0.6 is 15.6 Å². The van der Waals surface area contributed by atoms with Crippen molar-refractivity contribution in [1.29, 1.82) is 0 Å². The molecular formula is C85H140O17P2. The zero-order chi connectivity index (χ0) is 76.0. The Morgan fingerprint density at radius 2 is 0.538 bits per heavy atom. The zero-order valence-electron chi connectivity index (χ0n) is 64.6. The number of esters is 4.